The van der Waals surface area contributed by atoms with Gasteiger partial charge in [-0.2, -0.15) is 0 Å². The zero-order valence-corrected chi connectivity index (χ0v) is 20.8. The summed E-state index contributed by atoms with van der Waals surface area (Å²) in [6.07, 6.45) is 0. The number of ether oxygens (including phenoxy) is 4. The van der Waals surface area contributed by atoms with Gasteiger partial charge in [-0.15, -0.1) is 0 Å². The van der Waals surface area contributed by atoms with Crippen LogP contribution in [0.15, 0.2) is 72.8 Å². The van der Waals surface area contributed by atoms with Crippen molar-refractivity contribution < 1.29 is 28.5 Å². The molecule has 36 heavy (non-hydrogen) atoms. The van der Waals surface area contributed by atoms with Gasteiger partial charge in [-0.3, -0.25) is 9.59 Å². The zero-order valence-electron chi connectivity index (χ0n) is 20.8. The first kappa shape index (κ1) is 24.8. The molecule has 0 heterocycles. The third-order valence-corrected chi connectivity index (χ3v) is 6.01. The predicted molar refractivity (Wildman–Crippen MR) is 139 cm³/mol. The molecule has 4 rings (SSSR count). The Morgan fingerprint density at radius 1 is 0.556 bits per heavy atom. The van der Waals surface area contributed by atoms with E-state index in [4.69, 9.17) is 18.9 Å². The molecule has 0 radical (unpaired) electrons. The molecule has 0 aromatic heterocycles. The minimum atomic E-state index is -0.136. The normalized spacial score (nSPS) is 10.7. The lowest BCUT2D eigenvalue weighted by atomic mass is 10.0. The van der Waals surface area contributed by atoms with Gasteiger partial charge in [-0.1, -0.05) is 24.3 Å². The highest BCUT2D eigenvalue weighted by atomic mass is 16.5. The summed E-state index contributed by atoms with van der Waals surface area (Å²) in [5, 5.41) is 1.63. The first-order valence-corrected chi connectivity index (χ1v) is 11.5. The first-order chi connectivity index (χ1) is 17.4. The number of ketones is 2. The molecule has 4 aromatic rings. The maximum atomic E-state index is 12.7. The SMILES string of the molecule is COc1ccc(C(=O)COc2c(C)ccc3c(OCC(=O)c4ccc(OC)cc4)c(C)ccc23)cc1. The molecular weight excluding hydrogens is 456 g/mol. The Bertz CT molecular complexity index is 1280. The van der Waals surface area contributed by atoms with E-state index in [2.05, 4.69) is 0 Å². The summed E-state index contributed by atoms with van der Waals surface area (Å²) in [6.45, 7) is 3.65. The van der Waals surface area contributed by atoms with Crippen molar-refractivity contribution in [2.24, 2.45) is 0 Å². The lowest BCUT2D eigenvalue weighted by Crippen LogP contribution is -2.13. The molecule has 0 atom stereocenters. The average molecular weight is 485 g/mol. The van der Waals surface area contributed by atoms with Gasteiger partial charge in [0.05, 0.1) is 14.2 Å². The molecule has 0 unspecified atom stereocenters. The van der Waals surface area contributed by atoms with Crippen LogP contribution in [0.2, 0.25) is 0 Å². The lowest BCUT2D eigenvalue weighted by Gasteiger charge is -2.16. The maximum absolute atomic E-state index is 12.7. The van der Waals surface area contributed by atoms with Crippen LogP contribution in [0.3, 0.4) is 0 Å². The second-order valence-corrected chi connectivity index (χ2v) is 8.40. The standard InChI is InChI=1S/C30H28O6/c1-19-5-15-26-25(29(19)35-17-27(31)21-7-11-23(33-3)12-8-21)16-6-20(2)30(26)36-18-28(32)22-9-13-24(34-4)14-10-22/h5-16H,17-18H2,1-4H3. The minimum Gasteiger partial charge on any atom is -0.497 e. The number of benzene rings is 4. The first-order valence-electron chi connectivity index (χ1n) is 11.5. The summed E-state index contributed by atoms with van der Waals surface area (Å²) in [5.74, 6) is 2.32. The van der Waals surface area contributed by atoms with Crippen LogP contribution in [0.5, 0.6) is 23.0 Å². The molecule has 6 nitrogen and oxygen atoms in total. The summed E-state index contributed by atoms with van der Waals surface area (Å²) >= 11 is 0. The summed E-state index contributed by atoms with van der Waals surface area (Å²) in [7, 11) is 3.16. The van der Waals surface area contributed by atoms with Gasteiger partial charge < -0.3 is 18.9 Å². The van der Waals surface area contributed by atoms with Crippen LogP contribution in [0.4, 0.5) is 0 Å². The van der Waals surface area contributed by atoms with Crippen LogP contribution >= 0.6 is 0 Å². The molecule has 0 saturated carbocycles. The van der Waals surface area contributed by atoms with E-state index in [9.17, 15) is 9.59 Å². The second kappa shape index (κ2) is 11.0. The van der Waals surface area contributed by atoms with Gasteiger partial charge in [0.25, 0.3) is 0 Å². The Balaban J connectivity index is 1.54. The summed E-state index contributed by atoms with van der Waals surface area (Å²) < 4.78 is 22.3. The Hall–Kier alpha value is -4.32. The quantitative estimate of drug-likeness (QED) is 0.257. The molecule has 6 heteroatoms. The number of carbonyl (C=O) groups excluding carboxylic acids is 2. The molecule has 0 aliphatic carbocycles. The maximum Gasteiger partial charge on any atom is 0.200 e. The van der Waals surface area contributed by atoms with Gasteiger partial charge in [0.2, 0.25) is 0 Å². The highest BCUT2D eigenvalue weighted by Gasteiger charge is 2.16. The van der Waals surface area contributed by atoms with Crippen LogP contribution in [0.25, 0.3) is 10.8 Å². The molecule has 184 valence electrons. The second-order valence-electron chi connectivity index (χ2n) is 8.40. The van der Waals surface area contributed by atoms with Crippen molar-refractivity contribution in [2.75, 3.05) is 27.4 Å². The van der Waals surface area contributed by atoms with Gasteiger partial charge >= 0.3 is 0 Å². The van der Waals surface area contributed by atoms with Crippen LogP contribution in [0, 0.1) is 13.8 Å². The summed E-state index contributed by atoms with van der Waals surface area (Å²) in [4.78, 5) is 25.4. The molecule has 0 saturated heterocycles. The molecule has 0 aliphatic rings. The topological polar surface area (TPSA) is 71.1 Å². The van der Waals surface area contributed by atoms with Crippen LogP contribution in [-0.4, -0.2) is 39.0 Å². The number of carbonyl (C=O) groups is 2. The van der Waals surface area contributed by atoms with Crippen LogP contribution < -0.4 is 18.9 Å². The Kier molecular flexibility index (Phi) is 7.54. The minimum absolute atomic E-state index is 0.105. The third-order valence-electron chi connectivity index (χ3n) is 6.01. The van der Waals surface area contributed by atoms with Crippen molar-refractivity contribution in [3.8, 4) is 23.0 Å². The fourth-order valence-corrected chi connectivity index (χ4v) is 3.95. The average Bonchev–Trinajstić information content (AvgIpc) is 2.91. The smallest absolute Gasteiger partial charge is 0.200 e. The predicted octanol–water partition coefficient (Wildman–Crippen LogP) is 6.00. The van der Waals surface area contributed by atoms with Crippen molar-refractivity contribution in [3.05, 3.63) is 95.1 Å². The lowest BCUT2D eigenvalue weighted by molar-refractivity contribution is 0.0914. The van der Waals surface area contributed by atoms with Crippen molar-refractivity contribution in [3.63, 3.8) is 0 Å². The molecule has 0 fully saturated rings. The van der Waals surface area contributed by atoms with E-state index < -0.39 is 0 Å². The Morgan fingerprint density at radius 2 is 0.917 bits per heavy atom. The number of methoxy groups -OCH3 is 2. The van der Waals surface area contributed by atoms with Gasteiger partial charge in [-0.05, 0) is 73.5 Å². The highest BCUT2D eigenvalue weighted by Crippen LogP contribution is 2.37. The number of fused-ring (bicyclic) bond motifs is 1. The number of hydrogen-bond acceptors (Lipinski definition) is 6. The van der Waals surface area contributed by atoms with Crippen molar-refractivity contribution in [1.82, 2.24) is 0 Å². The number of rotatable bonds is 10. The third kappa shape index (κ3) is 5.33. The van der Waals surface area contributed by atoms with Crippen molar-refractivity contribution in [1.29, 1.82) is 0 Å². The monoisotopic (exact) mass is 484 g/mol. The number of hydrogen-bond donors (Lipinski definition) is 0. The fourth-order valence-electron chi connectivity index (χ4n) is 3.95. The number of Topliss-reactive ketones (excluding diaryl/α,β-unsaturated/α-hetero) is 2. The Labute approximate surface area is 210 Å². The molecule has 0 bridgehead atoms. The van der Waals surface area contributed by atoms with E-state index >= 15 is 0 Å². The van der Waals surface area contributed by atoms with E-state index in [-0.39, 0.29) is 24.8 Å². The molecule has 4 aromatic carbocycles. The highest BCUT2D eigenvalue weighted by molar-refractivity contribution is 6.00. The Morgan fingerprint density at radius 3 is 1.25 bits per heavy atom. The molecular formula is C30H28O6. The van der Waals surface area contributed by atoms with E-state index in [1.165, 1.54) is 0 Å². The van der Waals surface area contributed by atoms with E-state index in [1.54, 1.807) is 62.8 Å². The number of aryl methyl sites for hydroxylation is 2. The molecule has 0 N–H and O–H groups in total. The zero-order chi connectivity index (χ0) is 25.7. The molecule has 0 spiro atoms. The molecule has 0 aliphatic heterocycles. The van der Waals surface area contributed by atoms with E-state index in [0.717, 1.165) is 21.9 Å². The largest absolute Gasteiger partial charge is 0.497 e. The van der Waals surface area contributed by atoms with E-state index in [0.29, 0.717) is 34.1 Å². The van der Waals surface area contributed by atoms with Gasteiger partial charge in [0.1, 0.15) is 23.0 Å². The van der Waals surface area contributed by atoms with Crippen LogP contribution in [-0.2, 0) is 0 Å². The van der Waals surface area contributed by atoms with Gasteiger partial charge in [0.15, 0.2) is 24.8 Å². The molecule has 0 amide bonds. The van der Waals surface area contributed by atoms with Crippen molar-refractivity contribution >= 4 is 22.3 Å². The fraction of sp³-hybridized carbons (Fsp3) is 0.200. The summed E-state index contributed by atoms with van der Waals surface area (Å²) in [6, 6.07) is 21.6. The van der Waals surface area contributed by atoms with Crippen LogP contribution in [0.1, 0.15) is 31.8 Å². The van der Waals surface area contributed by atoms with Gasteiger partial charge in [-0.25, -0.2) is 0 Å². The van der Waals surface area contributed by atoms with Crippen molar-refractivity contribution in [2.45, 2.75) is 13.8 Å². The van der Waals surface area contributed by atoms with E-state index in [1.807, 2.05) is 38.1 Å². The van der Waals surface area contributed by atoms with Gasteiger partial charge in [0, 0.05) is 21.9 Å². The summed E-state index contributed by atoms with van der Waals surface area (Å²) in [5.41, 5.74) is 2.89.